The Hall–Kier alpha value is -4.05. The van der Waals surface area contributed by atoms with Gasteiger partial charge in [-0.05, 0) is 36.4 Å². The predicted molar refractivity (Wildman–Crippen MR) is 150 cm³/mol. The van der Waals surface area contributed by atoms with Gasteiger partial charge in [-0.3, -0.25) is 4.79 Å². The molecule has 1 heterocycles. The maximum Gasteiger partial charge on any atom is 0.414 e. The first-order valence-electron chi connectivity index (χ1n) is 11.9. The van der Waals surface area contributed by atoms with Crippen LogP contribution < -0.4 is 25.1 Å². The fourth-order valence-electron chi connectivity index (χ4n) is 3.67. The Morgan fingerprint density at radius 3 is 2.64 bits per heavy atom. The van der Waals surface area contributed by atoms with Crippen LogP contribution in [-0.4, -0.2) is 63.1 Å². The molecule has 0 aliphatic carbocycles. The highest BCUT2D eigenvalue weighted by molar-refractivity contribution is 7.98. The molecule has 0 bridgehead atoms. The minimum absolute atomic E-state index is 0.0348. The highest BCUT2D eigenvalue weighted by Crippen LogP contribution is 2.28. The second-order valence-electron chi connectivity index (χ2n) is 8.69. The van der Waals surface area contributed by atoms with Crippen LogP contribution in [0.5, 0.6) is 5.75 Å². The zero-order valence-corrected chi connectivity index (χ0v) is 22.9. The molecule has 0 saturated heterocycles. The second kappa shape index (κ2) is 13.7. The van der Waals surface area contributed by atoms with Crippen molar-refractivity contribution in [1.82, 2.24) is 19.8 Å². The quantitative estimate of drug-likeness (QED) is 0.187. The summed E-state index contributed by atoms with van der Waals surface area (Å²) in [5.41, 5.74) is 0.809. The number of hydrogen-bond acceptors (Lipinski definition) is 9. The molecular formula is C27H30FN5O5S. The molecule has 2 aromatic carbocycles. The van der Waals surface area contributed by atoms with E-state index in [1.54, 1.807) is 58.5 Å². The summed E-state index contributed by atoms with van der Waals surface area (Å²) >= 11 is 1.11. The van der Waals surface area contributed by atoms with Crippen LogP contribution in [0.15, 0.2) is 45.6 Å². The third-order valence-corrected chi connectivity index (χ3v) is 6.23. The van der Waals surface area contributed by atoms with E-state index in [0.29, 0.717) is 10.9 Å². The van der Waals surface area contributed by atoms with E-state index < -0.39 is 17.5 Å². The van der Waals surface area contributed by atoms with Gasteiger partial charge in [0.2, 0.25) is 5.91 Å². The van der Waals surface area contributed by atoms with Crippen molar-refractivity contribution in [2.75, 3.05) is 46.0 Å². The van der Waals surface area contributed by atoms with Crippen molar-refractivity contribution in [2.24, 2.45) is 0 Å². The van der Waals surface area contributed by atoms with E-state index in [1.807, 2.05) is 0 Å². The first-order chi connectivity index (χ1) is 18.7. The summed E-state index contributed by atoms with van der Waals surface area (Å²) in [5.74, 6) is 1.87. The summed E-state index contributed by atoms with van der Waals surface area (Å²) in [6, 6.07) is 9.53. The van der Waals surface area contributed by atoms with Gasteiger partial charge < -0.3 is 29.0 Å². The standard InChI is InChI=1S/C27H30FN5O5S/c1-6-12-33(5)24(34)16-30-15-21-19-11-10-18(37-27(36)32(3)4)14-23(19)38-26(35)20(21)13-17-8-7-9-22(25(17)28)31-39-29-2/h1,7-11,14,29-31H,12-13,15-16H2,2-5H3. The molecule has 0 spiro atoms. The van der Waals surface area contributed by atoms with Crippen LogP contribution in [0, 0.1) is 18.2 Å². The Kier molecular flexibility index (Phi) is 10.3. The Bertz CT molecular complexity index is 1450. The first kappa shape index (κ1) is 29.5. The van der Waals surface area contributed by atoms with Gasteiger partial charge in [-0.1, -0.05) is 18.1 Å². The zero-order valence-electron chi connectivity index (χ0n) is 22.1. The molecule has 0 aliphatic heterocycles. The van der Waals surface area contributed by atoms with E-state index in [0.717, 1.165) is 12.1 Å². The smallest absolute Gasteiger partial charge is 0.414 e. The number of nitrogens with zero attached hydrogens (tertiary/aromatic N) is 2. The Labute approximate surface area is 230 Å². The summed E-state index contributed by atoms with van der Waals surface area (Å²) in [5, 5.41) is 3.60. The van der Waals surface area contributed by atoms with E-state index in [1.165, 1.54) is 15.9 Å². The van der Waals surface area contributed by atoms with Crippen molar-refractivity contribution < 1.29 is 23.1 Å². The number of carbonyl (C=O) groups is 2. The number of carbonyl (C=O) groups excluding carboxylic acids is 2. The topological polar surface area (TPSA) is 116 Å². The fourth-order valence-corrected chi connectivity index (χ4v) is 4.04. The minimum Gasteiger partial charge on any atom is -0.422 e. The molecule has 3 rings (SSSR count). The third kappa shape index (κ3) is 7.51. The van der Waals surface area contributed by atoms with Crippen molar-refractivity contribution in [3.05, 3.63) is 69.3 Å². The van der Waals surface area contributed by atoms with Crippen LogP contribution in [0.4, 0.5) is 14.9 Å². The number of likely N-dealkylation sites (N-methyl/N-ethyl adjacent to an activating group) is 1. The number of terminal acetylenes is 1. The van der Waals surface area contributed by atoms with Gasteiger partial charge in [-0.2, -0.15) is 0 Å². The molecule has 206 valence electrons. The van der Waals surface area contributed by atoms with Gasteiger partial charge >= 0.3 is 11.7 Å². The number of nitrogens with one attached hydrogen (secondary N) is 3. The lowest BCUT2D eigenvalue weighted by Crippen LogP contribution is -2.35. The molecule has 0 saturated carbocycles. The third-order valence-electron chi connectivity index (χ3n) is 5.70. The van der Waals surface area contributed by atoms with Crippen LogP contribution in [0.1, 0.15) is 16.7 Å². The van der Waals surface area contributed by atoms with Gasteiger partial charge in [-0.25, -0.2) is 18.7 Å². The van der Waals surface area contributed by atoms with Crippen LogP contribution in [0.25, 0.3) is 11.0 Å². The summed E-state index contributed by atoms with van der Waals surface area (Å²) < 4.78 is 31.8. The Morgan fingerprint density at radius 1 is 1.18 bits per heavy atom. The second-order valence-corrected chi connectivity index (χ2v) is 9.50. The lowest BCUT2D eigenvalue weighted by molar-refractivity contribution is -0.128. The fraction of sp³-hybridized carbons (Fsp3) is 0.296. The molecule has 0 fully saturated rings. The lowest BCUT2D eigenvalue weighted by Gasteiger charge is -2.17. The van der Waals surface area contributed by atoms with E-state index in [4.69, 9.17) is 15.6 Å². The molecule has 3 aromatic rings. The molecule has 10 nitrogen and oxygen atoms in total. The van der Waals surface area contributed by atoms with Crippen molar-refractivity contribution in [3.8, 4) is 18.1 Å². The highest BCUT2D eigenvalue weighted by atomic mass is 32.2. The number of amides is 2. The molecule has 12 heteroatoms. The number of halogens is 1. The average Bonchev–Trinajstić information content (AvgIpc) is 2.90. The molecular weight excluding hydrogens is 525 g/mol. The maximum absolute atomic E-state index is 15.2. The molecule has 0 atom stereocenters. The Morgan fingerprint density at radius 2 is 1.95 bits per heavy atom. The van der Waals surface area contributed by atoms with Crippen molar-refractivity contribution in [3.63, 3.8) is 0 Å². The number of fused-ring (bicyclic) bond motifs is 1. The van der Waals surface area contributed by atoms with Gasteiger partial charge in [0, 0.05) is 63.3 Å². The molecule has 0 aliphatic rings. The van der Waals surface area contributed by atoms with Gasteiger partial charge in [-0.15, -0.1) is 6.42 Å². The monoisotopic (exact) mass is 555 g/mol. The number of ether oxygens (including phenoxy) is 1. The number of hydrogen-bond donors (Lipinski definition) is 3. The van der Waals surface area contributed by atoms with Crippen LogP contribution in [-0.2, 0) is 17.8 Å². The van der Waals surface area contributed by atoms with Crippen LogP contribution in [0.3, 0.4) is 0 Å². The lowest BCUT2D eigenvalue weighted by atomic mass is 9.97. The van der Waals surface area contributed by atoms with Gasteiger partial charge in [0.05, 0.1) is 18.8 Å². The van der Waals surface area contributed by atoms with Crippen LogP contribution >= 0.6 is 12.1 Å². The summed E-state index contributed by atoms with van der Waals surface area (Å²) in [4.78, 5) is 40.2. The van der Waals surface area contributed by atoms with Gasteiger partial charge in [0.1, 0.15) is 11.3 Å². The van der Waals surface area contributed by atoms with Gasteiger partial charge in [0.25, 0.3) is 0 Å². The number of anilines is 1. The van der Waals surface area contributed by atoms with E-state index in [-0.39, 0.29) is 60.1 Å². The van der Waals surface area contributed by atoms with E-state index >= 15 is 4.39 Å². The number of rotatable bonds is 11. The van der Waals surface area contributed by atoms with E-state index in [9.17, 15) is 14.4 Å². The SMILES string of the molecule is C#CCN(C)C(=O)CNCc1c(Cc2cccc(NSNC)c2F)c(=O)oc2cc(OC(=O)N(C)C)ccc12. The molecule has 3 N–H and O–H groups in total. The largest absolute Gasteiger partial charge is 0.422 e. The van der Waals surface area contributed by atoms with Gasteiger partial charge in [0.15, 0.2) is 5.82 Å². The van der Waals surface area contributed by atoms with Crippen molar-refractivity contribution in [2.45, 2.75) is 13.0 Å². The molecule has 0 unspecified atom stereocenters. The van der Waals surface area contributed by atoms with Crippen molar-refractivity contribution in [1.29, 1.82) is 0 Å². The summed E-state index contributed by atoms with van der Waals surface area (Å²) in [6.45, 7) is 0.236. The molecule has 2 amide bonds. The average molecular weight is 556 g/mol. The molecule has 39 heavy (non-hydrogen) atoms. The summed E-state index contributed by atoms with van der Waals surface area (Å²) in [6.07, 6.45) is 4.64. The van der Waals surface area contributed by atoms with Crippen LogP contribution in [0.2, 0.25) is 0 Å². The molecule has 1 aromatic heterocycles. The first-order valence-corrected chi connectivity index (χ1v) is 12.7. The summed E-state index contributed by atoms with van der Waals surface area (Å²) in [7, 11) is 6.38. The molecule has 0 radical (unpaired) electrons. The Balaban J connectivity index is 2.02. The van der Waals surface area contributed by atoms with Crippen molar-refractivity contribution >= 4 is 40.8 Å². The normalized spacial score (nSPS) is 10.7. The predicted octanol–water partition coefficient (Wildman–Crippen LogP) is 2.96. The minimum atomic E-state index is -0.673. The van der Waals surface area contributed by atoms with E-state index in [2.05, 4.69) is 20.7 Å². The number of benzene rings is 2. The maximum atomic E-state index is 15.2. The highest BCUT2D eigenvalue weighted by Gasteiger charge is 2.19. The zero-order chi connectivity index (χ0) is 28.5.